The first-order valence-electron chi connectivity index (χ1n) is 28.5. The van der Waals surface area contributed by atoms with Crippen LogP contribution in [-0.2, 0) is 33.2 Å². The van der Waals surface area contributed by atoms with Gasteiger partial charge in [-0.3, -0.25) is 29.4 Å². The summed E-state index contributed by atoms with van der Waals surface area (Å²) in [5.41, 5.74) is 0. The Morgan fingerprint density at radius 2 is 0.260 bits per heavy atom. The molecule has 0 spiro atoms. The topological polar surface area (TPSA) is 327 Å². The average Bonchev–Trinajstić information content (AvgIpc) is 3.41. The molecule has 0 atom stereocenters. The van der Waals surface area contributed by atoms with Crippen molar-refractivity contribution < 1.29 is 94.4 Å². The van der Waals surface area contributed by atoms with Crippen LogP contribution in [0.15, 0.2) is 0 Å². The number of aliphatic hydroxyl groups is 12. The maximum atomic E-state index is 8.93. The first kappa shape index (κ1) is 80.2. The van der Waals surface area contributed by atoms with E-state index >= 15 is 0 Å². The number of ether oxygens (including phenoxy) is 7. The molecule has 77 heavy (non-hydrogen) atoms. The van der Waals surface area contributed by atoms with Crippen LogP contribution in [-0.4, -0.2) is 380 Å². The largest absolute Gasteiger partial charge is 0.395 e. The van der Waals surface area contributed by atoms with Gasteiger partial charge in [0.15, 0.2) is 0 Å². The third kappa shape index (κ3) is 64.0. The molecule has 25 nitrogen and oxygen atoms in total. The summed E-state index contributed by atoms with van der Waals surface area (Å²) in [6, 6.07) is 0. The minimum absolute atomic E-state index is 0.0976. The molecule has 0 unspecified atom stereocenters. The molecule has 12 N–H and O–H groups in total. The van der Waals surface area contributed by atoms with Gasteiger partial charge in [0.2, 0.25) is 0 Å². The quantitative estimate of drug-likeness (QED) is 0.0258. The van der Waals surface area contributed by atoms with Crippen molar-refractivity contribution in [3.05, 3.63) is 0 Å². The summed E-state index contributed by atoms with van der Waals surface area (Å²) < 4.78 is 38.6. The monoisotopic (exact) mass is 1130 g/mol. The van der Waals surface area contributed by atoms with Gasteiger partial charge >= 0.3 is 0 Å². The van der Waals surface area contributed by atoms with Crippen LogP contribution >= 0.6 is 0 Å². The minimum Gasteiger partial charge on any atom is -0.395 e. The van der Waals surface area contributed by atoms with Gasteiger partial charge in [0.05, 0.1) is 119 Å². The predicted molar refractivity (Wildman–Crippen MR) is 296 cm³/mol. The first-order valence-corrected chi connectivity index (χ1v) is 28.5. The second kappa shape index (κ2) is 71.1. The first-order chi connectivity index (χ1) is 37.8. The van der Waals surface area contributed by atoms with Gasteiger partial charge in [0.25, 0.3) is 0 Å². The van der Waals surface area contributed by atoms with Gasteiger partial charge in [0, 0.05) is 171 Å². The molecule has 0 aromatic heterocycles. The van der Waals surface area contributed by atoms with E-state index in [-0.39, 0.29) is 79.3 Å². The summed E-state index contributed by atoms with van der Waals surface area (Å²) in [5, 5.41) is 107. The lowest BCUT2D eigenvalue weighted by atomic mass is 10.3. The summed E-state index contributed by atoms with van der Waals surface area (Å²) >= 11 is 0. The summed E-state index contributed by atoms with van der Waals surface area (Å²) in [4.78, 5) is 12.1. The Bertz CT molecular complexity index is 943. The fourth-order valence-corrected chi connectivity index (χ4v) is 7.53. The van der Waals surface area contributed by atoms with Gasteiger partial charge in [-0.2, -0.15) is 0 Å². The van der Waals surface area contributed by atoms with Crippen molar-refractivity contribution in [2.24, 2.45) is 0 Å². The van der Waals surface area contributed by atoms with Crippen LogP contribution in [0, 0.1) is 0 Å². The maximum absolute atomic E-state index is 8.93. The number of nitrogens with zero attached hydrogens (tertiary/aromatic N) is 6. The molecular formula is C52H116N6O19. The molecule has 0 aliphatic heterocycles. The molecule has 0 heterocycles. The van der Waals surface area contributed by atoms with E-state index in [4.69, 9.17) is 94.4 Å². The number of aliphatic hydroxyl groups excluding tert-OH is 12. The number of unbranched alkanes of at least 4 members (excludes halogenated alkanes) is 1. The van der Waals surface area contributed by atoms with E-state index in [0.29, 0.717) is 158 Å². The highest BCUT2D eigenvalue weighted by Gasteiger charge is 2.08. The van der Waals surface area contributed by atoms with Crippen molar-refractivity contribution in [1.82, 2.24) is 29.4 Å². The van der Waals surface area contributed by atoms with Crippen molar-refractivity contribution in [1.29, 1.82) is 0 Å². The van der Waals surface area contributed by atoms with Gasteiger partial charge in [-0.25, -0.2) is 0 Å². The molecule has 0 saturated carbocycles. The van der Waals surface area contributed by atoms with Crippen molar-refractivity contribution >= 4 is 0 Å². The molecule has 0 radical (unpaired) electrons. The number of rotatable bonds is 62. The summed E-state index contributed by atoms with van der Waals surface area (Å²) in [6.45, 7) is 21.7. The summed E-state index contributed by atoms with van der Waals surface area (Å²) in [6.07, 6.45) is 7.16. The summed E-state index contributed by atoms with van der Waals surface area (Å²) in [7, 11) is 0. The second-order valence-electron chi connectivity index (χ2n) is 17.8. The minimum atomic E-state index is 0.0976. The zero-order valence-electron chi connectivity index (χ0n) is 47.7. The maximum Gasteiger partial charge on any atom is 0.0701 e. The van der Waals surface area contributed by atoms with Gasteiger partial charge in [-0.1, -0.05) is 0 Å². The Balaban J connectivity index is -0.00000107. The SMILES string of the molecule is OCCN(CCO)CCCOCCCCOCCCN(CCO)CCO.OCCN(CCO)CCCOCCOCCCN(CCO)CCO.OCCN(CCO)CCCOCCOCCOCCCN(CCO)CCO. The Hall–Kier alpha value is -1.00. The van der Waals surface area contributed by atoms with E-state index in [1.165, 1.54) is 0 Å². The normalized spacial score (nSPS) is 11.8. The number of hydrogen-bond donors (Lipinski definition) is 12. The lowest BCUT2D eigenvalue weighted by Crippen LogP contribution is -2.31. The zero-order valence-corrected chi connectivity index (χ0v) is 47.7. The van der Waals surface area contributed by atoms with Crippen molar-refractivity contribution in [3.63, 3.8) is 0 Å². The molecule has 0 aliphatic carbocycles. The van der Waals surface area contributed by atoms with Crippen molar-refractivity contribution in [2.75, 3.05) is 290 Å². The molecule has 0 fully saturated rings. The fraction of sp³-hybridized carbons (Fsp3) is 1.00. The molecule has 0 rings (SSSR count). The van der Waals surface area contributed by atoms with Gasteiger partial charge in [-0.15, -0.1) is 0 Å². The van der Waals surface area contributed by atoms with Crippen LogP contribution in [0.5, 0.6) is 0 Å². The lowest BCUT2D eigenvalue weighted by Gasteiger charge is -2.20. The lowest BCUT2D eigenvalue weighted by molar-refractivity contribution is 0.0109. The number of hydrogen-bond acceptors (Lipinski definition) is 25. The van der Waals surface area contributed by atoms with Crippen LogP contribution in [0.2, 0.25) is 0 Å². The predicted octanol–water partition coefficient (Wildman–Crippen LogP) is -4.08. The van der Waals surface area contributed by atoms with Crippen LogP contribution < -0.4 is 0 Å². The highest BCUT2D eigenvalue weighted by molar-refractivity contribution is 4.61. The third-order valence-electron chi connectivity index (χ3n) is 11.5. The van der Waals surface area contributed by atoms with E-state index in [9.17, 15) is 0 Å². The molecule has 0 aliphatic rings. The third-order valence-corrected chi connectivity index (χ3v) is 11.5. The van der Waals surface area contributed by atoms with Crippen LogP contribution in [0.25, 0.3) is 0 Å². The van der Waals surface area contributed by atoms with Gasteiger partial charge < -0.3 is 94.4 Å². The zero-order chi connectivity index (χ0) is 57.2. The molecule has 0 aromatic carbocycles. The molecule has 0 bridgehead atoms. The Kier molecular flexibility index (Phi) is 74.1. The van der Waals surface area contributed by atoms with Crippen molar-refractivity contribution in [3.8, 4) is 0 Å². The molecule has 0 aromatic rings. The summed E-state index contributed by atoms with van der Waals surface area (Å²) in [5.74, 6) is 0. The second-order valence-corrected chi connectivity index (χ2v) is 17.8. The Labute approximate surface area is 463 Å². The van der Waals surface area contributed by atoms with Crippen LogP contribution in [0.3, 0.4) is 0 Å². The molecular weight excluding hydrogens is 1010 g/mol. The van der Waals surface area contributed by atoms with Crippen LogP contribution in [0.1, 0.15) is 51.4 Å². The molecule has 0 saturated heterocycles. The standard InChI is InChI=1S/C18H40N2O7.C18H40N2O6.C16H36N2O6/c21-9-5-19(6-10-22)3-1-13-25-15-17-27-18-16-26-14-2-4-20(7-11-23)8-12-24;21-11-7-19(8-12-22)5-3-17-25-15-1-2-16-26-18-4-6-20(9-13-23)10-14-24;19-9-5-17(6-10-20)3-1-13-23-15-16-24-14-2-4-18(7-11-21)8-12-22/h21-24H,1-18H2;21-24H,1-18H2;19-22H,1-16H2. The van der Waals surface area contributed by atoms with Gasteiger partial charge in [0.1, 0.15) is 0 Å². The van der Waals surface area contributed by atoms with E-state index in [0.717, 1.165) is 104 Å². The fourth-order valence-electron chi connectivity index (χ4n) is 7.53. The molecule has 25 heteroatoms. The van der Waals surface area contributed by atoms with E-state index in [2.05, 4.69) is 0 Å². The van der Waals surface area contributed by atoms with E-state index < -0.39 is 0 Å². The highest BCUT2D eigenvalue weighted by atomic mass is 16.5. The van der Waals surface area contributed by atoms with E-state index in [1.54, 1.807) is 0 Å². The smallest absolute Gasteiger partial charge is 0.0701 e. The Morgan fingerprint density at radius 3 is 0.403 bits per heavy atom. The van der Waals surface area contributed by atoms with Crippen molar-refractivity contribution in [2.45, 2.75) is 51.4 Å². The van der Waals surface area contributed by atoms with E-state index in [1.807, 2.05) is 29.4 Å². The Morgan fingerprint density at radius 1 is 0.143 bits per heavy atom. The van der Waals surface area contributed by atoms with Gasteiger partial charge in [-0.05, 0) is 51.4 Å². The molecule has 0 amide bonds. The average molecular weight is 1130 g/mol. The highest BCUT2D eigenvalue weighted by Crippen LogP contribution is 1.99. The van der Waals surface area contributed by atoms with Crippen LogP contribution in [0.4, 0.5) is 0 Å². The molecule has 468 valence electrons.